The molecule has 1 unspecified atom stereocenters. The number of rotatable bonds is 0. The fourth-order valence-corrected chi connectivity index (χ4v) is 1.83. The van der Waals surface area contributed by atoms with Crippen LogP contribution in [0, 0.1) is 5.82 Å². The van der Waals surface area contributed by atoms with Crippen LogP contribution in [0.15, 0.2) is 22.7 Å². The maximum Gasteiger partial charge on any atom is 0.137 e. The molecule has 0 nitrogen and oxygen atoms in total. The summed E-state index contributed by atoms with van der Waals surface area (Å²) in [5, 5.41) is 0. The van der Waals surface area contributed by atoms with Crippen LogP contribution in [-0.2, 0) is 0 Å². The van der Waals surface area contributed by atoms with Gasteiger partial charge in [0.25, 0.3) is 0 Å². The highest BCUT2D eigenvalue weighted by molar-refractivity contribution is 9.10. The third kappa shape index (κ3) is 1.11. The summed E-state index contributed by atoms with van der Waals surface area (Å²) in [6, 6.07) is 3.43. The first-order chi connectivity index (χ1) is 5.68. The highest BCUT2D eigenvalue weighted by Crippen LogP contribution is 2.32. The van der Waals surface area contributed by atoms with E-state index in [9.17, 15) is 4.39 Å². The predicted octanol–water partition coefficient (Wildman–Crippen LogP) is 3.72. The van der Waals surface area contributed by atoms with E-state index in [0.29, 0.717) is 10.4 Å². The first kappa shape index (κ1) is 7.99. The molecule has 1 aromatic carbocycles. The van der Waals surface area contributed by atoms with E-state index < -0.39 is 0 Å². The van der Waals surface area contributed by atoms with Gasteiger partial charge in [-0.15, -0.1) is 0 Å². The van der Waals surface area contributed by atoms with E-state index in [4.69, 9.17) is 0 Å². The Morgan fingerprint density at radius 2 is 2.17 bits per heavy atom. The summed E-state index contributed by atoms with van der Waals surface area (Å²) in [7, 11) is 0. The minimum atomic E-state index is -0.177. The zero-order chi connectivity index (χ0) is 8.72. The summed E-state index contributed by atoms with van der Waals surface area (Å²) >= 11 is 3.16. The van der Waals surface area contributed by atoms with Crippen molar-refractivity contribution in [1.29, 1.82) is 0 Å². The second-order valence-electron chi connectivity index (χ2n) is 3.04. The normalized spacial score (nSPS) is 19.8. The largest absolute Gasteiger partial charge is 0.206 e. The van der Waals surface area contributed by atoms with E-state index in [1.165, 1.54) is 0 Å². The minimum Gasteiger partial charge on any atom is -0.206 e. The zero-order valence-electron chi connectivity index (χ0n) is 6.64. The van der Waals surface area contributed by atoms with Crippen molar-refractivity contribution in [3.05, 3.63) is 39.6 Å². The fraction of sp³-hybridized carbons (Fsp3) is 0.200. The molecular formula is C10H8BrF. The lowest BCUT2D eigenvalue weighted by molar-refractivity contribution is 0.618. The Morgan fingerprint density at radius 1 is 1.42 bits per heavy atom. The zero-order valence-corrected chi connectivity index (χ0v) is 8.23. The number of hydrogen-bond acceptors (Lipinski definition) is 0. The average Bonchev–Trinajstić information content (AvgIpc) is 2.35. The monoisotopic (exact) mass is 226 g/mol. The van der Waals surface area contributed by atoms with E-state index in [0.717, 1.165) is 11.1 Å². The van der Waals surface area contributed by atoms with E-state index in [1.54, 1.807) is 6.07 Å². The van der Waals surface area contributed by atoms with Crippen LogP contribution < -0.4 is 0 Å². The molecule has 0 aromatic heterocycles. The highest BCUT2D eigenvalue weighted by atomic mass is 79.9. The van der Waals surface area contributed by atoms with Crippen molar-refractivity contribution >= 4 is 22.0 Å². The maximum atomic E-state index is 13.1. The Hall–Kier alpha value is -0.630. The quantitative estimate of drug-likeness (QED) is 0.633. The highest BCUT2D eigenvalue weighted by Gasteiger charge is 2.14. The van der Waals surface area contributed by atoms with Gasteiger partial charge in [-0.1, -0.05) is 19.1 Å². The first-order valence-corrected chi connectivity index (χ1v) is 4.65. The number of hydrogen-bond donors (Lipinski definition) is 0. The average molecular weight is 227 g/mol. The van der Waals surface area contributed by atoms with Gasteiger partial charge in [0.15, 0.2) is 0 Å². The predicted molar refractivity (Wildman–Crippen MR) is 51.5 cm³/mol. The summed E-state index contributed by atoms with van der Waals surface area (Å²) in [6.07, 6.45) is 4.11. The Balaban J connectivity index is 2.62. The van der Waals surface area contributed by atoms with Crippen molar-refractivity contribution in [2.75, 3.05) is 0 Å². The van der Waals surface area contributed by atoms with Gasteiger partial charge >= 0.3 is 0 Å². The maximum absolute atomic E-state index is 13.1. The van der Waals surface area contributed by atoms with E-state index in [-0.39, 0.29) is 5.82 Å². The summed E-state index contributed by atoms with van der Waals surface area (Å²) in [5.41, 5.74) is 2.20. The third-order valence-electron chi connectivity index (χ3n) is 2.18. The summed E-state index contributed by atoms with van der Waals surface area (Å²) in [6.45, 7) is 2.07. The molecule has 2 heteroatoms. The minimum absolute atomic E-state index is 0.177. The Morgan fingerprint density at radius 3 is 2.92 bits per heavy atom. The molecule has 0 saturated carbocycles. The number of allylic oxidation sites excluding steroid dienone is 1. The van der Waals surface area contributed by atoms with E-state index in [2.05, 4.69) is 28.9 Å². The van der Waals surface area contributed by atoms with E-state index >= 15 is 0 Å². The molecule has 0 N–H and O–H groups in total. The van der Waals surface area contributed by atoms with Crippen LogP contribution in [0.4, 0.5) is 4.39 Å². The molecular weight excluding hydrogens is 219 g/mol. The standard InChI is InChI=1S/C10H8BrF/c1-6-2-3-7-4-9(11)10(12)5-8(6)7/h2-6H,1H3. The molecule has 62 valence electrons. The van der Waals surface area contributed by atoms with Crippen LogP contribution >= 0.6 is 15.9 Å². The van der Waals surface area contributed by atoms with E-state index in [1.807, 2.05) is 12.1 Å². The molecule has 1 aromatic rings. The lowest BCUT2D eigenvalue weighted by atomic mass is 10.0. The van der Waals surface area contributed by atoms with Gasteiger partial charge in [-0.3, -0.25) is 0 Å². The van der Waals surface area contributed by atoms with Crippen LogP contribution in [0.2, 0.25) is 0 Å². The molecule has 1 aliphatic carbocycles. The topological polar surface area (TPSA) is 0 Å². The lowest BCUT2D eigenvalue weighted by Gasteiger charge is -2.05. The van der Waals surface area contributed by atoms with Crippen LogP contribution in [0.25, 0.3) is 6.08 Å². The Labute approximate surface area is 79.2 Å². The van der Waals surface area contributed by atoms with Crippen molar-refractivity contribution in [2.45, 2.75) is 12.8 Å². The molecule has 1 aliphatic rings. The van der Waals surface area contributed by atoms with Crippen LogP contribution in [0.5, 0.6) is 0 Å². The van der Waals surface area contributed by atoms with Crippen LogP contribution in [0.1, 0.15) is 24.0 Å². The number of fused-ring (bicyclic) bond motifs is 1. The lowest BCUT2D eigenvalue weighted by Crippen LogP contribution is -1.89. The molecule has 0 heterocycles. The van der Waals surface area contributed by atoms with Crippen LogP contribution in [0.3, 0.4) is 0 Å². The van der Waals surface area contributed by atoms with Crippen LogP contribution in [-0.4, -0.2) is 0 Å². The van der Waals surface area contributed by atoms with Gasteiger partial charge in [0, 0.05) is 0 Å². The van der Waals surface area contributed by atoms with Gasteiger partial charge < -0.3 is 0 Å². The molecule has 0 aliphatic heterocycles. The van der Waals surface area contributed by atoms with Gasteiger partial charge in [0.2, 0.25) is 0 Å². The van der Waals surface area contributed by atoms with Gasteiger partial charge in [-0.05, 0) is 45.1 Å². The summed E-state index contributed by atoms with van der Waals surface area (Å²) in [5.74, 6) is 0.173. The smallest absolute Gasteiger partial charge is 0.137 e. The van der Waals surface area contributed by atoms with Gasteiger partial charge in [0.1, 0.15) is 5.82 Å². The second kappa shape index (κ2) is 2.70. The van der Waals surface area contributed by atoms with Crippen molar-refractivity contribution in [1.82, 2.24) is 0 Å². The van der Waals surface area contributed by atoms with Crippen molar-refractivity contribution in [2.24, 2.45) is 0 Å². The molecule has 0 saturated heterocycles. The fourth-order valence-electron chi connectivity index (χ4n) is 1.47. The van der Waals surface area contributed by atoms with Crippen molar-refractivity contribution < 1.29 is 4.39 Å². The van der Waals surface area contributed by atoms with Gasteiger partial charge in [-0.25, -0.2) is 4.39 Å². The molecule has 0 amide bonds. The van der Waals surface area contributed by atoms with Crippen molar-refractivity contribution in [3.8, 4) is 0 Å². The summed E-state index contributed by atoms with van der Waals surface area (Å²) < 4.78 is 13.6. The number of halogens is 2. The Kier molecular flexibility index (Phi) is 1.80. The van der Waals surface area contributed by atoms with Gasteiger partial charge in [-0.2, -0.15) is 0 Å². The third-order valence-corrected chi connectivity index (χ3v) is 2.79. The molecule has 0 fully saturated rings. The molecule has 12 heavy (non-hydrogen) atoms. The van der Waals surface area contributed by atoms with Gasteiger partial charge in [0.05, 0.1) is 4.47 Å². The number of benzene rings is 1. The second-order valence-corrected chi connectivity index (χ2v) is 3.90. The Bertz CT molecular complexity index is 355. The molecule has 0 radical (unpaired) electrons. The molecule has 0 spiro atoms. The SMILES string of the molecule is CC1C=Cc2cc(Br)c(F)cc21. The molecule has 0 bridgehead atoms. The molecule has 2 rings (SSSR count). The molecule has 1 atom stereocenters. The summed E-state index contributed by atoms with van der Waals surface area (Å²) in [4.78, 5) is 0. The van der Waals surface area contributed by atoms with Crippen molar-refractivity contribution in [3.63, 3.8) is 0 Å². The first-order valence-electron chi connectivity index (χ1n) is 3.85.